The molecule has 1 aromatic carbocycles. The van der Waals surface area contributed by atoms with Crippen molar-refractivity contribution in [3.8, 4) is 0 Å². The fourth-order valence-corrected chi connectivity index (χ4v) is 1.50. The first-order valence-corrected chi connectivity index (χ1v) is 5.08. The third kappa shape index (κ3) is 2.10. The Morgan fingerprint density at radius 1 is 1.38 bits per heavy atom. The third-order valence-electron chi connectivity index (χ3n) is 2.30. The lowest BCUT2D eigenvalue weighted by Gasteiger charge is -2.06. The predicted molar refractivity (Wildman–Crippen MR) is 61.1 cm³/mol. The molecular formula is C11H13N3O2. The van der Waals surface area contributed by atoms with Crippen LogP contribution in [-0.2, 0) is 6.67 Å². The standard InChI is InChI=1S/C11H13N3O2/c15-6-5-12-7-14-8-13-10-4-2-1-3-9(10)11(14)16/h1-4,8,12,15H,5-7H2. The number of aliphatic hydroxyl groups is 1. The second-order valence-corrected chi connectivity index (χ2v) is 3.42. The van der Waals surface area contributed by atoms with Crippen molar-refractivity contribution >= 4 is 10.9 Å². The summed E-state index contributed by atoms with van der Waals surface area (Å²) in [5.74, 6) is 0. The van der Waals surface area contributed by atoms with E-state index in [4.69, 9.17) is 5.11 Å². The van der Waals surface area contributed by atoms with Gasteiger partial charge in [-0.2, -0.15) is 0 Å². The van der Waals surface area contributed by atoms with Gasteiger partial charge in [-0.15, -0.1) is 0 Å². The number of hydrogen-bond donors (Lipinski definition) is 2. The predicted octanol–water partition coefficient (Wildman–Crippen LogP) is -0.0641. The van der Waals surface area contributed by atoms with Crippen LogP contribution < -0.4 is 10.9 Å². The summed E-state index contributed by atoms with van der Waals surface area (Å²) in [6, 6.07) is 7.23. The molecular weight excluding hydrogens is 206 g/mol. The second kappa shape index (κ2) is 4.87. The molecule has 0 saturated carbocycles. The molecule has 1 heterocycles. The molecule has 5 nitrogen and oxygen atoms in total. The van der Waals surface area contributed by atoms with Gasteiger partial charge in [0, 0.05) is 6.54 Å². The van der Waals surface area contributed by atoms with Gasteiger partial charge >= 0.3 is 0 Å². The van der Waals surface area contributed by atoms with Crippen LogP contribution in [0, 0.1) is 0 Å². The zero-order valence-corrected chi connectivity index (χ0v) is 8.76. The van der Waals surface area contributed by atoms with Crippen molar-refractivity contribution in [2.45, 2.75) is 6.67 Å². The lowest BCUT2D eigenvalue weighted by Crippen LogP contribution is -2.29. The molecule has 0 aliphatic rings. The molecule has 0 bridgehead atoms. The lowest BCUT2D eigenvalue weighted by atomic mass is 10.2. The maximum absolute atomic E-state index is 11.9. The van der Waals surface area contributed by atoms with Crippen molar-refractivity contribution in [2.24, 2.45) is 0 Å². The van der Waals surface area contributed by atoms with Crippen molar-refractivity contribution in [1.29, 1.82) is 0 Å². The zero-order valence-electron chi connectivity index (χ0n) is 8.76. The van der Waals surface area contributed by atoms with E-state index < -0.39 is 0 Å². The Kier molecular flexibility index (Phi) is 3.28. The maximum Gasteiger partial charge on any atom is 0.262 e. The van der Waals surface area contributed by atoms with E-state index in [1.54, 1.807) is 6.07 Å². The third-order valence-corrected chi connectivity index (χ3v) is 2.30. The maximum atomic E-state index is 11.9. The highest BCUT2D eigenvalue weighted by Gasteiger charge is 2.01. The van der Waals surface area contributed by atoms with Crippen LogP contribution in [0.1, 0.15) is 0 Å². The molecule has 0 radical (unpaired) electrons. The number of nitrogens with zero attached hydrogens (tertiary/aromatic N) is 2. The van der Waals surface area contributed by atoms with E-state index in [2.05, 4.69) is 10.3 Å². The second-order valence-electron chi connectivity index (χ2n) is 3.42. The molecule has 0 atom stereocenters. The minimum atomic E-state index is -0.0731. The Bertz CT molecular complexity index is 536. The van der Waals surface area contributed by atoms with Gasteiger partial charge in [0.05, 0.1) is 30.5 Å². The molecule has 0 saturated heterocycles. The van der Waals surface area contributed by atoms with Gasteiger partial charge in [-0.25, -0.2) is 4.98 Å². The number of benzene rings is 1. The Hall–Kier alpha value is -1.72. The topological polar surface area (TPSA) is 67.2 Å². The molecule has 0 unspecified atom stereocenters. The van der Waals surface area contributed by atoms with Gasteiger partial charge in [0.2, 0.25) is 0 Å². The van der Waals surface area contributed by atoms with Crippen molar-refractivity contribution < 1.29 is 5.11 Å². The van der Waals surface area contributed by atoms with Crippen LogP contribution in [0.15, 0.2) is 35.4 Å². The fraction of sp³-hybridized carbons (Fsp3) is 0.273. The number of nitrogens with one attached hydrogen (secondary N) is 1. The van der Waals surface area contributed by atoms with E-state index in [0.717, 1.165) is 0 Å². The molecule has 0 aliphatic carbocycles. The van der Waals surface area contributed by atoms with Gasteiger partial charge < -0.3 is 5.11 Å². The van der Waals surface area contributed by atoms with Gasteiger partial charge in [0.25, 0.3) is 5.56 Å². The molecule has 16 heavy (non-hydrogen) atoms. The van der Waals surface area contributed by atoms with Crippen molar-refractivity contribution in [2.75, 3.05) is 13.2 Å². The van der Waals surface area contributed by atoms with Gasteiger partial charge in [0.1, 0.15) is 0 Å². The van der Waals surface area contributed by atoms with E-state index >= 15 is 0 Å². The molecule has 0 fully saturated rings. The minimum absolute atomic E-state index is 0.0513. The quantitative estimate of drug-likeness (QED) is 0.707. The van der Waals surface area contributed by atoms with Crippen molar-refractivity contribution in [3.05, 3.63) is 40.9 Å². The largest absolute Gasteiger partial charge is 0.395 e. The summed E-state index contributed by atoms with van der Waals surface area (Å²) < 4.78 is 1.48. The summed E-state index contributed by atoms with van der Waals surface area (Å²) in [6.07, 6.45) is 1.51. The molecule has 2 rings (SSSR count). The molecule has 0 aliphatic heterocycles. The number of aliphatic hydroxyl groups excluding tert-OH is 1. The van der Waals surface area contributed by atoms with Crippen LogP contribution in [-0.4, -0.2) is 27.8 Å². The Labute approximate surface area is 92.4 Å². The summed E-state index contributed by atoms with van der Waals surface area (Å²) in [5.41, 5.74) is 0.627. The first-order chi connectivity index (χ1) is 7.83. The molecule has 1 aromatic heterocycles. The number of para-hydroxylation sites is 1. The van der Waals surface area contributed by atoms with E-state index in [1.807, 2.05) is 18.2 Å². The molecule has 5 heteroatoms. The monoisotopic (exact) mass is 219 g/mol. The summed E-state index contributed by atoms with van der Waals surface area (Å²) >= 11 is 0. The summed E-state index contributed by atoms with van der Waals surface area (Å²) in [7, 11) is 0. The Morgan fingerprint density at radius 3 is 3.00 bits per heavy atom. The van der Waals surface area contributed by atoms with Crippen LogP contribution >= 0.6 is 0 Å². The molecule has 2 aromatic rings. The number of fused-ring (bicyclic) bond motifs is 1. The van der Waals surface area contributed by atoms with Crippen LogP contribution in [0.3, 0.4) is 0 Å². The van der Waals surface area contributed by atoms with E-state index in [-0.39, 0.29) is 12.2 Å². The van der Waals surface area contributed by atoms with E-state index in [9.17, 15) is 4.79 Å². The Morgan fingerprint density at radius 2 is 2.19 bits per heavy atom. The van der Waals surface area contributed by atoms with Crippen LogP contribution in [0.4, 0.5) is 0 Å². The lowest BCUT2D eigenvalue weighted by molar-refractivity contribution is 0.286. The summed E-state index contributed by atoms with van der Waals surface area (Å²) in [4.78, 5) is 16.1. The normalized spacial score (nSPS) is 10.8. The first-order valence-electron chi connectivity index (χ1n) is 5.08. The van der Waals surface area contributed by atoms with Gasteiger partial charge in [-0.05, 0) is 12.1 Å². The average molecular weight is 219 g/mol. The minimum Gasteiger partial charge on any atom is -0.395 e. The molecule has 0 amide bonds. The molecule has 0 spiro atoms. The van der Waals surface area contributed by atoms with Crippen molar-refractivity contribution in [3.63, 3.8) is 0 Å². The average Bonchev–Trinajstić information content (AvgIpc) is 2.33. The highest BCUT2D eigenvalue weighted by Crippen LogP contribution is 2.03. The highest BCUT2D eigenvalue weighted by atomic mass is 16.3. The fourth-order valence-electron chi connectivity index (χ4n) is 1.50. The van der Waals surface area contributed by atoms with Crippen LogP contribution in [0.5, 0.6) is 0 Å². The molecule has 2 N–H and O–H groups in total. The summed E-state index contributed by atoms with van der Waals surface area (Å²) in [6.45, 7) is 0.867. The van der Waals surface area contributed by atoms with Crippen LogP contribution in [0.25, 0.3) is 10.9 Å². The van der Waals surface area contributed by atoms with Crippen molar-refractivity contribution in [1.82, 2.24) is 14.9 Å². The van der Waals surface area contributed by atoms with Gasteiger partial charge in [0.15, 0.2) is 0 Å². The molecule has 84 valence electrons. The zero-order chi connectivity index (χ0) is 11.4. The van der Waals surface area contributed by atoms with Gasteiger partial charge in [-0.3, -0.25) is 14.7 Å². The van der Waals surface area contributed by atoms with Crippen LogP contribution in [0.2, 0.25) is 0 Å². The Balaban J connectivity index is 2.33. The first kappa shape index (κ1) is 10.8. The number of rotatable bonds is 4. The van der Waals surface area contributed by atoms with Gasteiger partial charge in [-0.1, -0.05) is 12.1 Å². The summed E-state index contributed by atoms with van der Waals surface area (Å²) in [5, 5.41) is 12.2. The number of hydrogen-bond acceptors (Lipinski definition) is 4. The highest BCUT2D eigenvalue weighted by molar-refractivity contribution is 5.76. The van der Waals surface area contributed by atoms with E-state index in [1.165, 1.54) is 10.9 Å². The SMILES string of the molecule is O=c1c2ccccc2ncn1CNCCO. The van der Waals surface area contributed by atoms with E-state index in [0.29, 0.717) is 24.1 Å². The smallest absolute Gasteiger partial charge is 0.262 e. The number of aromatic nitrogens is 2.